The highest BCUT2D eigenvalue weighted by molar-refractivity contribution is 7.89. The van der Waals surface area contributed by atoms with Crippen LogP contribution < -0.4 is 9.88 Å². The van der Waals surface area contributed by atoms with Crippen molar-refractivity contribution in [1.29, 1.82) is 0 Å². The number of oxazole rings is 1. The van der Waals surface area contributed by atoms with Crippen LogP contribution in [0, 0.1) is 17.7 Å². The predicted octanol–water partition coefficient (Wildman–Crippen LogP) is 6.47. The van der Waals surface area contributed by atoms with E-state index in [1.54, 1.807) is 19.2 Å². The van der Waals surface area contributed by atoms with Crippen molar-refractivity contribution in [2.45, 2.75) is 29.8 Å². The van der Waals surface area contributed by atoms with Crippen LogP contribution in [0.5, 0.6) is 5.75 Å². The molecule has 8 nitrogen and oxygen atoms in total. The van der Waals surface area contributed by atoms with E-state index in [0.717, 1.165) is 22.3 Å². The molecule has 0 amide bonds. The number of halogens is 1. The van der Waals surface area contributed by atoms with E-state index in [1.165, 1.54) is 24.3 Å². The minimum absolute atomic E-state index is 0.0191. The number of primary sulfonamides is 1. The summed E-state index contributed by atoms with van der Waals surface area (Å²) in [5.41, 5.74) is 4.11. The van der Waals surface area contributed by atoms with Crippen molar-refractivity contribution < 1.29 is 31.4 Å². The Morgan fingerprint density at radius 1 is 0.936 bits per heavy atom. The van der Waals surface area contributed by atoms with Crippen LogP contribution >= 0.6 is 0 Å². The molecule has 0 bridgehead atoms. The number of hydrogen-bond donors (Lipinski definition) is 1. The van der Waals surface area contributed by atoms with Crippen LogP contribution in [-0.2, 0) is 31.5 Å². The minimum atomic E-state index is -3.82. The van der Waals surface area contributed by atoms with Crippen molar-refractivity contribution in [2.24, 2.45) is 5.14 Å². The first-order valence-corrected chi connectivity index (χ1v) is 16.6. The van der Waals surface area contributed by atoms with Gasteiger partial charge < -0.3 is 18.6 Å². The molecule has 0 atom stereocenters. The van der Waals surface area contributed by atoms with E-state index in [1.807, 2.05) is 60.7 Å². The molecule has 1 aliphatic heterocycles. The molecule has 1 fully saturated rings. The first kappa shape index (κ1) is 32.2. The van der Waals surface area contributed by atoms with Crippen molar-refractivity contribution in [3.8, 4) is 40.2 Å². The summed E-state index contributed by atoms with van der Waals surface area (Å²) in [4.78, 5) is 4.81. The molecule has 0 spiro atoms. The fraction of sp³-hybridized carbons (Fsp3) is 0.216. The lowest BCUT2D eigenvalue weighted by Gasteiger charge is -2.36. The highest BCUT2D eigenvalue weighted by atomic mass is 32.2. The van der Waals surface area contributed by atoms with Gasteiger partial charge in [0.15, 0.2) is 11.7 Å². The van der Waals surface area contributed by atoms with E-state index < -0.39 is 21.4 Å². The lowest BCUT2D eigenvalue weighted by molar-refractivity contribution is -0.0950. The zero-order valence-electron chi connectivity index (χ0n) is 25.7. The van der Waals surface area contributed by atoms with E-state index >= 15 is 0 Å². The maximum atomic E-state index is 14.5. The first-order valence-electron chi connectivity index (χ1n) is 15.1. The third-order valence-corrected chi connectivity index (χ3v) is 9.03. The quantitative estimate of drug-likeness (QED) is 0.182. The lowest BCUT2D eigenvalue weighted by atomic mass is 9.86. The van der Waals surface area contributed by atoms with Gasteiger partial charge in [0, 0.05) is 62.3 Å². The number of nitrogens with zero attached hydrogens (tertiary/aromatic N) is 1. The zero-order chi connectivity index (χ0) is 32.9. The van der Waals surface area contributed by atoms with Crippen LogP contribution in [0.2, 0.25) is 0 Å². The summed E-state index contributed by atoms with van der Waals surface area (Å²) in [6.45, 7) is 1.20. The summed E-state index contributed by atoms with van der Waals surface area (Å²) in [7, 11) is -2.18. The summed E-state index contributed by atoms with van der Waals surface area (Å²) in [6.07, 6.45) is 1.72. The third-order valence-electron chi connectivity index (χ3n) is 8.11. The van der Waals surface area contributed by atoms with Gasteiger partial charge in [0.1, 0.15) is 23.9 Å². The molecule has 47 heavy (non-hydrogen) atoms. The second-order valence-corrected chi connectivity index (χ2v) is 12.7. The molecule has 4 aromatic carbocycles. The second-order valence-electron chi connectivity index (χ2n) is 11.2. The highest BCUT2D eigenvalue weighted by Crippen LogP contribution is 2.38. The maximum absolute atomic E-state index is 14.5. The van der Waals surface area contributed by atoms with Crippen molar-refractivity contribution in [1.82, 2.24) is 4.98 Å². The molecule has 10 heteroatoms. The smallest absolute Gasteiger partial charge is 0.238 e. The number of sulfonamides is 1. The van der Waals surface area contributed by atoms with Gasteiger partial charge >= 0.3 is 0 Å². The number of aromatic nitrogens is 1. The molecule has 0 saturated carbocycles. The number of methoxy groups -OCH3 is 1. The second kappa shape index (κ2) is 13.9. The lowest BCUT2D eigenvalue weighted by Crippen LogP contribution is -2.35. The SMILES string of the molecule is COC1(c2cc(F)cc(OCC#Cc3ccc(Cc4nc(-c5ccccc5)c(-c5ccc(S(N)(=O)=O)cc5)o4)cc3)c2)CCOCC1. The third kappa shape index (κ3) is 7.62. The van der Waals surface area contributed by atoms with E-state index in [-0.39, 0.29) is 11.5 Å². The average molecular weight is 653 g/mol. The summed E-state index contributed by atoms with van der Waals surface area (Å²) in [5.74, 6) is 7.13. The van der Waals surface area contributed by atoms with Crippen LogP contribution in [-0.4, -0.2) is 40.3 Å². The van der Waals surface area contributed by atoms with Gasteiger partial charge in [-0.2, -0.15) is 0 Å². The number of nitrogens with two attached hydrogens (primary N) is 1. The van der Waals surface area contributed by atoms with Crippen LogP contribution in [0.25, 0.3) is 22.6 Å². The molecule has 2 heterocycles. The van der Waals surface area contributed by atoms with Crippen LogP contribution in [0.1, 0.15) is 35.4 Å². The normalized spacial score (nSPS) is 14.3. The van der Waals surface area contributed by atoms with Crippen molar-refractivity contribution in [3.63, 3.8) is 0 Å². The van der Waals surface area contributed by atoms with Gasteiger partial charge in [-0.15, -0.1) is 0 Å². The van der Waals surface area contributed by atoms with Gasteiger partial charge in [-0.1, -0.05) is 54.3 Å². The summed E-state index contributed by atoms with van der Waals surface area (Å²) < 4.78 is 61.2. The Kier molecular flexibility index (Phi) is 9.52. The number of hydrogen-bond acceptors (Lipinski definition) is 7. The zero-order valence-corrected chi connectivity index (χ0v) is 26.6. The molecule has 2 N–H and O–H groups in total. The Bertz CT molecular complexity index is 2010. The minimum Gasteiger partial charge on any atom is -0.481 e. The van der Waals surface area contributed by atoms with Crippen molar-refractivity contribution in [3.05, 3.63) is 125 Å². The van der Waals surface area contributed by atoms with Crippen molar-refractivity contribution in [2.75, 3.05) is 26.9 Å². The largest absolute Gasteiger partial charge is 0.481 e. The van der Waals surface area contributed by atoms with Crippen LogP contribution in [0.3, 0.4) is 0 Å². The van der Waals surface area contributed by atoms with Gasteiger partial charge in [0.05, 0.1) is 10.5 Å². The fourth-order valence-electron chi connectivity index (χ4n) is 5.58. The molecule has 0 radical (unpaired) electrons. The molecular formula is C37H33FN2O6S. The molecule has 1 saturated heterocycles. The Morgan fingerprint density at radius 3 is 2.34 bits per heavy atom. The van der Waals surface area contributed by atoms with E-state index in [0.29, 0.717) is 61.1 Å². The van der Waals surface area contributed by atoms with Gasteiger partial charge in [-0.3, -0.25) is 0 Å². The number of rotatable bonds is 9. The summed E-state index contributed by atoms with van der Waals surface area (Å²) in [5, 5.41) is 5.27. The van der Waals surface area contributed by atoms with E-state index in [4.69, 9.17) is 28.8 Å². The van der Waals surface area contributed by atoms with Crippen LogP contribution in [0.4, 0.5) is 4.39 Å². The molecule has 1 aliphatic rings. The number of ether oxygens (including phenoxy) is 3. The molecule has 240 valence electrons. The summed E-state index contributed by atoms with van der Waals surface area (Å²) in [6, 6.07) is 28.2. The van der Waals surface area contributed by atoms with E-state index in [9.17, 15) is 12.8 Å². The number of benzene rings is 4. The van der Waals surface area contributed by atoms with Gasteiger partial charge in [-0.05, 0) is 59.7 Å². The van der Waals surface area contributed by atoms with Gasteiger partial charge in [0.25, 0.3) is 0 Å². The van der Waals surface area contributed by atoms with Crippen molar-refractivity contribution >= 4 is 10.0 Å². The Morgan fingerprint density at radius 2 is 1.66 bits per heavy atom. The molecule has 5 aromatic rings. The maximum Gasteiger partial charge on any atom is 0.238 e. The topological polar surface area (TPSA) is 114 Å². The molecule has 6 rings (SSSR count). The van der Waals surface area contributed by atoms with Gasteiger partial charge in [-0.25, -0.2) is 22.9 Å². The van der Waals surface area contributed by atoms with Gasteiger partial charge in [0.2, 0.25) is 10.0 Å². The Labute approximate surface area is 273 Å². The molecule has 0 aliphatic carbocycles. The first-order chi connectivity index (χ1) is 22.7. The Hall–Kier alpha value is -4.79. The fourth-order valence-corrected chi connectivity index (χ4v) is 6.10. The molecule has 1 aromatic heterocycles. The standard InChI is InChI=1S/C37H33FN2O6S/c1-43-37(17-20-44-21-18-37)30-23-31(38)25-32(24-30)45-19-5-6-26-9-11-27(12-10-26)22-34-40-35(28-7-3-2-4-8-28)36(46-34)29-13-15-33(16-14-29)47(39,41)42/h2-4,7-16,23-25H,17-22H2,1H3,(H2,39,41,42). The van der Waals surface area contributed by atoms with E-state index in [2.05, 4.69) is 11.8 Å². The monoisotopic (exact) mass is 652 g/mol. The molecular weight excluding hydrogens is 619 g/mol. The Balaban J connectivity index is 1.14. The highest BCUT2D eigenvalue weighted by Gasteiger charge is 2.35. The summed E-state index contributed by atoms with van der Waals surface area (Å²) >= 11 is 0. The molecule has 0 unspecified atom stereocenters. The predicted molar refractivity (Wildman–Crippen MR) is 176 cm³/mol. The van der Waals surface area contributed by atoms with Crippen LogP contribution in [0.15, 0.2) is 106 Å². The average Bonchev–Trinajstić information content (AvgIpc) is 3.51.